The fourth-order valence-corrected chi connectivity index (χ4v) is 4.48. The van der Waals surface area contributed by atoms with Gasteiger partial charge >= 0.3 is 0 Å². The molecule has 28 heavy (non-hydrogen) atoms. The third kappa shape index (κ3) is 3.82. The van der Waals surface area contributed by atoms with Gasteiger partial charge in [-0.15, -0.1) is 0 Å². The van der Waals surface area contributed by atoms with Crippen molar-refractivity contribution in [3.8, 4) is 0 Å². The largest absolute Gasteiger partial charge is 0.322 e. The topological polar surface area (TPSA) is 90.5 Å². The third-order valence-corrected chi connectivity index (χ3v) is 5.98. The summed E-state index contributed by atoms with van der Waals surface area (Å²) >= 11 is 0. The molecule has 2 saturated heterocycles. The van der Waals surface area contributed by atoms with Crippen LogP contribution in [-0.2, 0) is 22.7 Å². The Morgan fingerprint density at radius 3 is 2.79 bits per heavy atom. The molecule has 2 fully saturated rings. The van der Waals surface area contributed by atoms with Gasteiger partial charge in [-0.25, -0.2) is 0 Å². The molecule has 2 atom stereocenters. The lowest BCUT2D eigenvalue weighted by Gasteiger charge is -2.29. The van der Waals surface area contributed by atoms with E-state index in [2.05, 4.69) is 29.8 Å². The van der Waals surface area contributed by atoms with Gasteiger partial charge in [0.1, 0.15) is 6.04 Å². The zero-order valence-electron chi connectivity index (χ0n) is 16.5. The lowest BCUT2D eigenvalue weighted by Crippen LogP contribution is -2.52. The van der Waals surface area contributed by atoms with E-state index in [0.29, 0.717) is 36.5 Å². The molecule has 7 heteroatoms. The van der Waals surface area contributed by atoms with Gasteiger partial charge in [-0.3, -0.25) is 19.7 Å². The van der Waals surface area contributed by atoms with Crippen molar-refractivity contribution in [3.05, 3.63) is 34.9 Å². The van der Waals surface area contributed by atoms with Crippen LogP contribution >= 0.6 is 0 Å². The second-order valence-corrected chi connectivity index (χ2v) is 8.97. The number of fused-ring (bicyclic) bond motifs is 1. The van der Waals surface area contributed by atoms with Crippen LogP contribution in [0.1, 0.15) is 54.6 Å². The Morgan fingerprint density at radius 2 is 2.07 bits per heavy atom. The van der Waals surface area contributed by atoms with E-state index in [1.807, 2.05) is 18.2 Å². The molecule has 1 unspecified atom stereocenters. The van der Waals surface area contributed by atoms with Crippen molar-refractivity contribution in [2.45, 2.75) is 58.3 Å². The summed E-state index contributed by atoms with van der Waals surface area (Å²) in [5, 5.41) is 9.37. The molecule has 4 rings (SSSR count). The smallest absolute Gasteiger partial charge is 0.255 e. The number of amides is 3. The van der Waals surface area contributed by atoms with E-state index in [0.717, 1.165) is 30.6 Å². The van der Waals surface area contributed by atoms with Gasteiger partial charge in [-0.2, -0.15) is 0 Å². The first kappa shape index (κ1) is 19.1. The van der Waals surface area contributed by atoms with Gasteiger partial charge in [-0.1, -0.05) is 26.0 Å². The van der Waals surface area contributed by atoms with E-state index in [4.69, 9.17) is 0 Å². The van der Waals surface area contributed by atoms with Crippen LogP contribution in [0.3, 0.4) is 0 Å². The molecule has 3 amide bonds. The SMILES string of the molecule is CC1(C)CN[C@H](CNCc2ccc3c(c2)C(=O)N(C2CCC(=O)NC2=O)C3)C1. The molecule has 3 aliphatic heterocycles. The van der Waals surface area contributed by atoms with E-state index in [1.54, 1.807) is 4.90 Å². The number of rotatable bonds is 5. The molecule has 3 N–H and O–H groups in total. The predicted molar refractivity (Wildman–Crippen MR) is 104 cm³/mol. The van der Waals surface area contributed by atoms with Crippen LogP contribution in [0.4, 0.5) is 0 Å². The molecule has 0 aromatic heterocycles. The maximum Gasteiger partial charge on any atom is 0.255 e. The zero-order chi connectivity index (χ0) is 19.9. The second kappa shape index (κ2) is 7.29. The number of hydrogen-bond acceptors (Lipinski definition) is 5. The molecule has 7 nitrogen and oxygen atoms in total. The van der Waals surface area contributed by atoms with Crippen molar-refractivity contribution < 1.29 is 14.4 Å². The number of piperidine rings is 1. The Balaban J connectivity index is 1.36. The van der Waals surface area contributed by atoms with Crippen molar-refractivity contribution in [1.82, 2.24) is 20.9 Å². The van der Waals surface area contributed by atoms with Gasteiger partial charge in [0.25, 0.3) is 5.91 Å². The Labute approximate surface area is 165 Å². The lowest BCUT2D eigenvalue weighted by molar-refractivity contribution is -0.136. The van der Waals surface area contributed by atoms with E-state index in [-0.39, 0.29) is 24.1 Å². The monoisotopic (exact) mass is 384 g/mol. The molecular formula is C21H28N4O3. The summed E-state index contributed by atoms with van der Waals surface area (Å²) in [5.74, 6) is -0.754. The lowest BCUT2D eigenvalue weighted by atomic mass is 9.91. The van der Waals surface area contributed by atoms with Crippen molar-refractivity contribution in [1.29, 1.82) is 0 Å². The third-order valence-electron chi connectivity index (χ3n) is 5.98. The Hall–Kier alpha value is -2.25. The summed E-state index contributed by atoms with van der Waals surface area (Å²) in [6, 6.07) is 5.87. The summed E-state index contributed by atoms with van der Waals surface area (Å²) < 4.78 is 0. The Kier molecular flexibility index (Phi) is 4.97. The number of carbonyl (C=O) groups is 3. The fraction of sp³-hybridized carbons (Fsp3) is 0.571. The Bertz CT molecular complexity index is 820. The highest BCUT2D eigenvalue weighted by atomic mass is 16.2. The van der Waals surface area contributed by atoms with Crippen LogP contribution in [0.25, 0.3) is 0 Å². The maximum atomic E-state index is 12.9. The first-order chi connectivity index (χ1) is 13.3. The molecule has 0 spiro atoms. The number of nitrogens with zero attached hydrogens (tertiary/aromatic N) is 1. The first-order valence-corrected chi connectivity index (χ1v) is 10.0. The molecule has 1 aromatic rings. The standard InChI is InChI=1S/C21H28N4O3/c1-21(2)8-15(23-12-21)10-22-9-13-3-4-14-11-25(20(28)16(14)7-13)17-5-6-18(26)24-19(17)27/h3-4,7,15,17,22-23H,5-6,8-12H2,1-2H3,(H,24,26,27)/t15-,17?/m0/s1. The molecular weight excluding hydrogens is 356 g/mol. The molecule has 0 saturated carbocycles. The summed E-state index contributed by atoms with van der Waals surface area (Å²) in [6.45, 7) is 7.63. The van der Waals surface area contributed by atoms with Crippen LogP contribution in [0.15, 0.2) is 18.2 Å². The van der Waals surface area contributed by atoms with Crippen LogP contribution in [0.2, 0.25) is 0 Å². The molecule has 0 radical (unpaired) electrons. The van der Waals surface area contributed by atoms with Gasteiger partial charge in [0.2, 0.25) is 11.8 Å². The van der Waals surface area contributed by atoms with Crippen molar-refractivity contribution in [2.75, 3.05) is 13.1 Å². The normalized spacial score (nSPS) is 26.5. The van der Waals surface area contributed by atoms with Crippen LogP contribution < -0.4 is 16.0 Å². The molecule has 150 valence electrons. The van der Waals surface area contributed by atoms with Crippen LogP contribution in [0, 0.1) is 5.41 Å². The minimum absolute atomic E-state index is 0.120. The van der Waals surface area contributed by atoms with Crippen molar-refractivity contribution >= 4 is 17.7 Å². The van der Waals surface area contributed by atoms with Gasteiger partial charge in [0.15, 0.2) is 0 Å². The summed E-state index contributed by atoms with van der Waals surface area (Å²) in [7, 11) is 0. The average Bonchev–Trinajstić information content (AvgIpc) is 3.15. The van der Waals surface area contributed by atoms with Crippen LogP contribution in [-0.4, -0.2) is 47.8 Å². The Morgan fingerprint density at radius 1 is 1.25 bits per heavy atom. The van der Waals surface area contributed by atoms with E-state index in [1.165, 1.54) is 0 Å². The highest BCUT2D eigenvalue weighted by Gasteiger charge is 2.39. The van der Waals surface area contributed by atoms with Gasteiger partial charge in [0, 0.05) is 44.2 Å². The fourth-order valence-electron chi connectivity index (χ4n) is 4.48. The quantitative estimate of drug-likeness (QED) is 0.657. The molecule has 3 aliphatic rings. The van der Waals surface area contributed by atoms with Gasteiger partial charge < -0.3 is 15.5 Å². The molecule has 0 aliphatic carbocycles. The maximum absolute atomic E-state index is 12.9. The zero-order valence-corrected chi connectivity index (χ0v) is 16.5. The second-order valence-electron chi connectivity index (χ2n) is 8.97. The minimum Gasteiger partial charge on any atom is -0.322 e. The summed E-state index contributed by atoms with van der Waals surface area (Å²) in [5.41, 5.74) is 3.03. The number of nitrogens with one attached hydrogen (secondary N) is 3. The highest BCUT2D eigenvalue weighted by molar-refractivity contribution is 6.05. The van der Waals surface area contributed by atoms with Gasteiger partial charge in [0.05, 0.1) is 0 Å². The van der Waals surface area contributed by atoms with E-state index >= 15 is 0 Å². The predicted octanol–water partition coefficient (Wildman–Crippen LogP) is 0.925. The number of imide groups is 1. The van der Waals surface area contributed by atoms with E-state index < -0.39 is 6.04 Å². The van der Waals surface area contributed by atoms with E-state index in [9.17, 15) is 14.4 Å². The molecule has 3 heterocycles. The van der Waals surface area contributed by atoms with Gasteiger partial charge in [-0.05, 0) is 35.4 Å². The first-order valence-electron chi connectivity index (χ1n) is 10.0. The summed E-state index contributed by atoms with van der Waals surface area (Å²) in [6.07, 6.45) is 1.82. The molecule has 1 aromatic carbocycles. The average molecular weight is 384 g/mol. The minimum atomic E-state index is -0.559. The summed E-state index contributed by atoms with van der Waals surface area (Å²) in [4.78, 5) is 37.9. The highest BCUT2D eigenvalue weighted by Crippen LogP contribution is 2.29. The van der Waals surface area contributed by atoms with Crippen molar-refractivity contribution in [3.63, 3.8) is 0 Å². The number of benzene rings is 1. The molecule has 0 bridgehead atoms. The van der Waals surface area contributed by atoms with Crippen LogP contribution in [0.5, 0.6) is 0 Å². The number of hydrogen-bond donors (Lipinski definition) is 3. The number of carbonyl (C=O) groups excluding carboxylic acids is 3. The van der Waals surface area contributed by atoms with Crippen molar-refractivity contribution in [2.24, 2.45) is 5.41 Å².